The molecule has 1 aromatic carbocycles. The van der Waals surface area contributed by atoms with Crippen LogP contribution in [0.15, 0.2) is 24.4 Å². The number of benzene rings is 1. The summed E-state index contributed by atoms with van der Waals surface area (Å²) in [4.78, 5) is 6.99. The van der Waals surface area contributed by atoms with E-state index in [0.717, 1.165) is 50.2 Å². The first-order valence-electron chi connectivity index (χ1n) is 12.1. The third-order valence-electron chi connectivity index (χ3n) is 7.42. The molecular formula is C24H26F3N7O2. The van der Waals surface area contributed by atoms with Crippen molar-refractivity contribution in [3.05, 3.63) is 47.7 Å². The second-order valence-corrected chi connectivity index (χ2v) is 9.57. The number of nitrogens with zero attached hydrogens (tertiary/aromatic N) is 6. The first kappa shape index (κ1) is 22.9. The highest BCUT2D eigenvalue weighted by atomic mass is 19.2. The molecule has 12 heteroatoms. The minimum atomic E-state index is -1.55. The molecule has 0 spiro atoms. The SMILES string of the molecule is COc1cc(N2C[C@H]3CC[C@@H](C2)C3Nc2nc3n(n2)CCC[C@H]3Oc2ccc(F)c(F)c2F)cnn1. The van der Waals surface area contributed by atoms with Gasteiger partial charge in [-0.1, -0.05) is 0 Å². The topological polar surface area (TPSA) is 90.2 Å². The fourth-order valence-corrected chi connectivity index (χ4v) is 5.67. The Hall–Kier alpha value is -3.57. The molecule has 9 nitrogen and oxygen atoms in total. The van der Waals surface area contributed by atoms with E-state index in [-0.39, 0.29) is 11.8 Å². The maximum absolute atomic E-state index is 14.2. The smallest absolute Gasteiger partial charge is 0.242 e. The highest BCUT2D eigenvalue weighted by Crippen LogP contribution is 2.40. The van der Waals surface area contributed by atoms with Crippen LogP contribution in [0.2, 0.25) is 0 Å². The number of piperidine rings is 1. The second kappa shape index (κ2) is 9.14. The van der Waals surface area contributed by atoms with E-state index >= 15 is 0 Å². The van der Waals surface area contributed by atoms with Gasteiger partial charge in [0, 0.05) is 31.7 Å². The number of nitrogens with one attached hydrogen (secondary N) is 1. The van der Waals surface area contributed by atoms with Gasteiger partial charge < -0.3 is 19.7 Å². The highest BCUT2D eigenvalue weighted by molar-refractivity contribution is 5.48. The molecule has 4 heterocycles. The van der Waals surface area contributed by atoms with E-state index in [9.17, 15) is 13.2 Å². The minimum Gasteiger partial charge on any atom is -0.480 e. The van der Waals surface area contributed by atoms with E-state index in [2.05, 4.69) is 30.5 Å². The average molecular weight is 502 g/mol. The Labute approximate surface area is 205 Å². The zero-order valence-electron chi connectivity index (χ0n) is 19.7. The lowest BCUT2D eigenvalue weighted by atomic mass is 9.92. The molecule has 2 fully saturated rings. The van der Waals surface area contributed by atoms with E-state index in [1.165, 1.54) is 0 Å². The molecule has 2 aliphatic heterocycles. The number of aromatic nitrogens is 5. The lowest BCUT2D eigenvalue weighted by molar-refractivity contribution is 0.147. The lowest BCUT2D eigenvalue weighted by Crippen LogP contribution is -2.48. The Morgan fingerprint density at radius 2 is 1.86 bits per heavy atom. The van der Waals surface area contributed by atoms with Crippen molar-refractivity contribution >= 4 is 11.6 Å². The Kier molecular flexibility index (Phi) is 5.81. The third kappa shape index (κ3) is 4.07. The largest absolute Gasteiger partial charge is 0.480 e. The molecular weight excluding hydrogens is 475 g/mol. The van der Waals surface area contributed by atoms with Gasteiger partial charge in [-0.05, 0) is 49.7 Å². The summed E-state index contributed by atoms with van der Waals surface area (Å²) >= 11 is 0. The number of rotatable bonds is 6. The molecule has 6 rings (SSSR count). The van der Waals surface area contributed by atoms with Crippen LogP contribution in [0.25, 0.3) is 0 Å². The van der Waals surface area contributed by atoms with Crippen LogP contribution < -0.4 is 19.7 Å². The summed E-state index contributed by atoms with van der Waals surface area (Å²) in [6, 6.07) is 4.09. The van der Waals surface area contributed by atoms with E-state index < -0.39 is 23.6 Å². The van der Waals surface area contributed by atoms with Crippen LogP contribution in [-0.4, -0.2) is 51.2 Å². The van der Waals surface area contributed by atoms with Gasteiger partial charge in [0.05, 0.1) is 19.0 Å². The summed E-state index contributed by atoms with van der Waals surface area (Å²) in [6.45, 7) is 2.40. The zero-order chi connectivity index (χ0) is 24.8. The molecule has 2 bridgehead atoms. The molecule has 36 heavy (non-hydrogen) atoms. The third-order valence-corrected chi connectivity index (χ3v) is 7.42. The van der Waals surface area contributed by atoms with Crippen molar-refractivity contribution in [1.29, 1.82) is 0 Å². The Morgan fingerprint density at radius 3 is 2.64 bits per heavy atom. The normalized spacial score (nSPS) is 24.9. The van der Waals surface area contributed by atoms with Gasteiger partial charge in [0.1, 0.15) is 0 Å². The fraction of sp³-hybridized carbons (Fsp3) is 0.500. The molecule has 4 atom stereocenters. The van der Waals surface area contributed by atoms with E-state index in [4.69, 9.17) is 9.47 Å². The molecule has 190 valence electrons. The molecule has 1 aliphatic carbocycles. The van der Waals surface area contributed by atoms with Gasteiger partial charge >= 0.3 is 0 Å². The minimum absolute atomic E-state index is 0.227. The zero-order valence-corrected chi connectivity index (χ0v) is 19.7. The number of fused-ring (bicyclic) bond motifs is 3. The molecule has 0 amide bonds. The van der Waals surface area contributed by atoms with E-state index in [1.807, 2.05) is 6.07 Å². The second-order valence-electron chi connectivity index (χ2n) is 9.57. The van der Waals surface area contributed by atoms with Crippen LogP contribution in [0.3, 0.4) is 0 Å². The summed E-state index contributed by atoms with van der Waals surface area (Å²) in [5, 5.41) is 16.2. The lowest BCUT2D eigenvalue weighted by Gasteiger charge is -2.39. The number of aryl methyl sites for hydroxylation is 1. The van der Waals surface area contributed by atoms with Crippen molar-refractivity contribution in [2.75, 3.05) is 30.4 Å². The summed E-state index contributed by atoms with van der Waals surface area (Å²) in [7, 11) is 1.58. The quantitative estimate of drug-likeness (QED) is 0.511. The molecule has 1 saturated heterocycles. The van der Waals surface area contributed by atoms with Crippen molar-refractivity contribution in [2.24, 2.45) is 11.8 Å². The summed E-state index contributed by atoms with van der Waals surface area (Å²) < 4.78 is 53.9. The first-order valence-corrected chi connectivity index (χ1v) is 12.1. The number of ether oxygens (including phenoxy) is 2. The number of hydrogen-bond acceptors (Lipinski definition) is 8. The summed E-state index contributed by atoms with van der Waals surface area (Å²) in [5.74, 6) is -2.10. The molecule has 1 N–H and O–H groups in total. The maximum atomic E-state index is 14.2. The van der Waals surface area contributed by atoms with Crippen molar-refractivity contribution < 1.29 is 22.6 Å². The van der Waals surface area contributed by atoms with Gasteiger partial charge in [0.2, 0.25) is 17.6 Å². The van der Waals surface area contributed by atoms with Gasteiger partial charge in [0.25, 0.3) is 0 Å². The molecule has 1 saturated carbocycles. The molecule has 3 aromatic rings. The van der Waals surface area contributed by atoms with Crippen LogP contribution in [0.5, 0.6) is 11.6 Å². The van der Waals surface area contributed by atoms with Gasteiger partial charge in [-0.15, -0.1) is 10.2 Å². The van der Waals surface area contributed by atoms with Crippen molar-refractivity contribution in [3.8, 4) is 11.6 Å². The molecule has 2 aromatic heterocycles. The van der Waals surface area contributed by atoms with Crippen LogP contribution >= 0.6 is 0 Å². The predicted octanol–water partition coefficient (Wildman–Crippen LogP) is 3.73. The Balaban J connectivity index is 1.17. The van der Waals surface area contributed by atoms with Crippen molar-refractivity contribution in [2.45, 2.75) is 44.4 Å². The monoisotopic (exact) mass is 501 g/mol. The van der Waals surface area contributed by atoms with Crippen molar-refractivity contribution in [3.63, 3.8) is 0 Å². The van der Waals surface area contributed by atoms with E-state index in [0.29, 0.717) is 42.5 Å². The van der Waals surface area contributed by atoms with Gasteiger partial charge in [-0.3, -0.25) is 0 Å². The first-order chi connectivity index (χ1) is 17.5. The standard InChI is InChI=1S/C24H26F3N7O2/c1-35-19-9-15(10-28-31-19)33-11-13-4-5-14(12-33)22(13)29-24-30-23-18(3-2-8-34(23)32-24)36-17-7-6-16(25)20(26)21(17)27/h6-7,9-10,13-14,18,22H,2-5,8,11-12H2,1H3,(H,29,32)/t13-,14+,18-,22?/m1/s1. The Bertz CT molecular complexity index is 1260. The van der Waals surface area contributed by atoms with E-state index in [1.54, 1.807) is 18.0 Å². The average Bonchev–Trinajstić information content (AvgIpc) is 3.40. The van der Waals surface area contributed by atoms with Crippen LogP contribution in [0, 0.1) is 29.3 Å². The number of methoxy groups -OCH3 is 1. The van der Waals surface area contributed by atoms with Crippen LogP contribution in [0.1, 0.15) is 37.6 Å². The Morgan fingerprint density at radius 1 is 1.06 bits per heavy atom. The van der Waals surface area contributed by atoms with Crippen LogP contribution in [-0.2, 0) is 6.54 Å². The van der Waals surface area contributed by atoms with Crippen molar-refractivity contribution in [1.82, 2.24) is 25.0 Å². The number of hydrogen-bond donors (Lipinski definition) is 1. The van der Waals surface area contributed by atoms with Gasteiger partial charge in [0.15, 0.2) is 29.3 Å². The number of anilines is 2. The summed E-state index contributed by atoms with van der Waals surface area (Å²) in [5.41, 5.74) is 0.997. The molecule has 0 radical (unpaired) electrons. The van der Waals surface area contributed by atoms with Gasteiger partial charge in [-0.2, -0.15) is 14.5 Å². The highest BCUT2D eigenvalue weighted by Gasteiger charge is 2.43. The summed E-state index contributed by atoms with van der Waals surface area (Å²) in [6.07, 6.45) is 4.68. The van der Waals surface area contributed by atoms with Gasteiger partial charge in [-0.25, -0.2) is 13.5 Å². The molecule has 1 unspecified atom stereocenters. The number of halogens is 3. The maximum Gasteiger partial charge on any atom is 0.242 e. The predicted molar refractivity (Wildman–Crippen MR) is 123 cm³/mol. The molecule has 3 aliphatic rings. The van der Waals surface area contributed by atoms with Crippen LogP contribution in [0.4, 0.5) is 24.8 Å². The fourth-order valence-electron chi connectivity index (χ4n) is 5.67.